The molecule has 0 saturated carbocycles. The van der Waals surface area contributed by atoms with Crippen molar-refractivity contribution in [2.75, 3.05) is 34.0 Å². The summed E-state index contributed by atoms with van der Waals surface area (Å²) in [5.74, 6) is 1.63. The van der Waals surface area contributed by atoms with Gasteiger partial charge >= 0.3 is 0 Å². The number of benzene rings is 1. The largest absolute Gasteiger partial charge is 0.496 e. The molecule has 0 fully saturated rings. The SMILES string of the molecule is COc1ccccc1C(CNC(=O)c1c(C)nc(-c2ccco2)nc1SC)N(C)C. The van der Waals surface area contributed by atoms with Gasteiger partial charge in [0.2, 0.25) is 0 Å². The zero-order valence-electron chi connectivity index (χ0n) is 17.8. The highest BCUT2D eigenvalue weighted by atomic mass is 32.2. The van der Waals surface area contributed by atoms with Gasteiger partial charge in [0, 0.05) is 12.1 Å². The Morgan fingerprint density at radius 2 is 2.00 bits per heavy atom. The standard InChI is InChI=1S/C22H26N4O3S/c1-14-19(22(30-5)25-20(24-14)18-11-8-12-29-18)21(27)23-13-16(26(2)3)15-9-6-7-10-17(15)28-4/h6-12,16H,13H2,1-5H3,(H,23,27). The van der Waals surface area contributed by atoms with Crippen molar-refractivity contribution in [3.8, 4) is 17.3 Å². The summed E-state index contributed by atoms with van der Waals surface area (Å²) >= 11 is 1.41. The highest BCUT2D eigenvalue weighted by Crippen LogP contribution is 2.28. The van der Waals surface area contributed by atoms with Crippen LogP contribution >= 0.6 is 11.8 Å². The van der Waals surface area contributed by atoms with Gasteiger partial charge in [0.05, 0.1) is 30.7 Å². The molecular formula is C22H26N4O3S. The third-order valence-electron chi connectivity index (χ3n) is 4.80. The average molecular weight is 427 g/mol. The van der Waals surface area contributed by atoms with Crippen LogP contribution in [0.4, 0.5) is 0 Å². The van der Waals surface area contributed by atoms with Gasteiger partial charge in [-0.05, 0) is 45.5 Å². The van der Waals surface area contributed by atoms with Crippen molar-refractivity contribution in [1.29, 1.82) is 0 Å². The molecule has 2 heterocycles. The van der Waals surface area contributed by atoms with E-state index in [-0.39, 0.29) is 11.9 Å². The summed E-state index contributed by atoms with van der Waals surface area (Å²) in [6, 6.07) is 11.4. The lowest BCUT2D eigenvalue weighted by atomic mass is 10.0. The Balaban J connectivity index is 1.84. The van der Waals surface area contributed by atoms with Crippen LogP contribution in [0.25, 0.3) is 11.6 Å². The quantitative estimate of drug-likeness (QED) is 0.433. The van der Waals surface area contributed by atoms with Crippen LogP contribution in [0.2, 0.25) is 0 Å². The molecule has 3 rings (SSSR count). The summed E-state index contributed by atoms with van der Waals surface area (Å²) in [6.07, 6.45) is 3.47. The molecule has 0 saturated heterocycles. The van der Waals surface area contributed by atoms with E-state index in [1.165, 1.54) is 11.8 Å². The molecule has 0 spiro atoms. The fourth-order valence-corrected chi connectivity index (χ4v) is 3.88. The number of para-hydroxylation sites is 1. The lowest BCUT2D eigenvalue weighted by molar-refractivity contribution is 0.0936. The van der Waals surface area contributed by atoms with Gasteiger partial charge in [0.1, 0.15) is 10.8 Å². The Morgan fingerprint density at radius 1 is 1.23 bits per heavy atom. The third kappa shape index (κ3) is 4.66. The second-order valence-electron chi connectivity index (χ2n) is 6.93. The topological polar surface area (TPSA) is 80.5 Å². The Kier molecular flexibility index (Phi) is 7.12. The van der Waals surface area contributed by atoms with Crippen LogP contribution in [0.3, 0.4) is 0 Å². The molecule has 1 N–H and O–H groups in total. The Morgan fingerprint density at radius 3 is 2.63 bits per heavy atom. The van der Waals surface area contributed by atoms with Crippen LogP contribution in [-0.2, 0) is 0 Å². The van der Waals surface area contributed by atoms with Gasteiger partial charge in [-0.15, -0.1) is 11.8 Å². The van der Waals surface area contributed by atoms with Crippen LogP contribution in [0.5, 0.6) is 5.75 Å². The lowest BCUT2D eigenvalue weighted by Crippen LogP contribution is -2.35. The summed E-state index contributed by atoms with van der Waals surface area (Å²) < 4.78 is 10.9. The first kappa shape index (κ1) is 21.9. The molecule has 0 aliphatic rings. The molecule has 30 heavy (non-hydrogen) atoms. The van der Waals surface area contributed by atoms with E-state index >= 15 is 0 Å². The van der Waals surface area contributed by atoms with Gasteiger partial charge in [0.25, 0.3) is 5.91 Å². The number of nitrogens with zero attached hydrogens (tertiary/aromatic N) is 3. The predicted molar refractivity (Wildman–Crippen MR) is 118 cm³/mol. The number of carbonyl (C=O) groups excluding carboxylic acids is 1. The maximum atomic E-state index is 13.1. The van der Waals surface area contributed by atoms with E-state index in [0.29, 0.717) is 34.4 Å². The van der Waals surface area contributed by atoms with Crippen molar-refractivity contribution in [2.45, 2.75) is 18.0 Å². The maximum absolute atomic E-state index is 13.1. The molecule has 1 unspecified atom stereocenters. The summed E-state index contributed by atoms with van der Waals surface area (Å²) in [5.41, 5.74) is 2.10. The molecule has 1 aromatic carbocycles. The summed E-state index contributed by atoms with van der Waals surface area (Å²) in [4.78, 5) is 24.1. The molecule has 1 amide bonds. The molecule has 0 bridgehead atoms. The first-order valence-corrected chi connectivity index (χ1v) is 10.7. The minimum atomic E-state index is -0.204. The van der Waals surface area contributed by atoms with Gasteiger partial charge < -0.3 is 19.4 Å². The number of likely N-dealkylation sites (N-methyl/N-ethyl adjacent to an activating group) is 1. The number of rotatable bonds is 8. The normalized spacial score (nSPS) is 12.1. The Bertz CT molecular complexity index is 1010. The van der Waals surface area contributed by atoms with Crippen molar-refractivity contribution in [3.63, 3.8) is 0 Å². The van der Waals surface area contributed by atoms with Crippen LogP contribution in [0, 0.1) is 6.92 Å². The van der Waals surface area contributed by atoms with E-state index in [9.17, 15) is 4.79 Å². The van der Waals surface area contributed by atoms with Crippen LogP contribution in [-0.4, -0.2) is 54.8 Å². The molecule has 0 radical (unpaired) electrons. The Labute approximate surface area is 180 Å². The molecule has 3 aromatic rings. The molecule has 0 aliphatic carbocycles. The highest BCUT2D eigenvalue weighted by Gasteiger charge is 2.23. The van der Waals surface area contributed by atoms with Crippen molar-refractivity contribution in [1.82, 2.24) is 20.2 Å². The van der Waals surface area contributed by atoms with Crippen molar-refractivity contribution < 1.29 is 13.9 Å². The molecule has 1 atom stereocenters. The number of hydrogen-bond acceptors (Lipinski definition) is 7. The first-order valence-electron chi connectivity index (χ1n) is 9.50. The Hall–Kier alpha value is -2.84. The van der Waals surface area contributed by atoms with Crippen molar-refractivity contribution >= 4 is 17.7 Å². The van der Waals surface area contributed by atoms with Crippen LogP contribution < -0.4 is 10.1 Å². The number of furan rings is 1. The van der Waals surface area contributed by atoms with Crippen LogP contribution in [0.1, 0.15) is 27.7 Å². The van der Waals surface area contributed by atoms with Gasteiger partial charge in [-0.2, -0.15) is 0 Å². The number of aryl methyl sites for hydroxylation is 1. The smallest absolute Gasteiger partial charge is 0.255 e. The zero-order valence-corrected chi connectivity index (χ0v) is 18.6. The molecule has 158 valence electrons. The third-order valence-corrected chi connectivity index (χ3v) is 5.48. The number of amides is 1. The van der Waals surface area contributed by atoms with E-state index < -0.39 is 0 Å². The average Bonchev–Trinajstić information content (AvgIpc) is 3.28. The second kappa shape index (κ2) is 9.77. The fraction of sp³-hybridized carbons (Fsp3) is 0.318. The summed E-state index contributed by atoms with van der Waals surface area (Å²) in [6.45, 7) is 2.23. The lowest BCUT2D eigenvalue weighted by Gasteiger charge is -2.26. The van der Waals surface area contributed by atoms with E-state index in [4.69, 9.17) is 9.15 Å². The maximum Gasteiger partial charge on any atom is 0.255 e. The van der Waals surface area contributed by atoms with E-state index in [1.54, 1.807) is 25.5 Å². The van der Waals surface area contributed by atoms with Crippen molar-refractivity contribution in [3.05, 3.63) is 59.5 Å². The number of nitrogens with one attached hydrogen (secondary N) is 1. The fourth-order valence-electron chi connectivity index (χ4n) is 3.26. The van der Waals surface area contributed by atoms with E-state index in [1.807, 2.05) is 51.5 Å². The van der Waals surface area contributed by atoms with Gasteiger partial charge in [0.15, 0.2) is 11.6 Å². The first-order chi connectivity index (χ1) is 14.5. The minimum absolute atomic E-state index is 0.0496. The molecular weight excluding hydrogens is 400 g/mol. The summed E-state index contributed by atoms with van der Waals surface area (Å²) in [5, 5.41) is 3.66. The van der Waals surface area contributed by atoms with Gasteiger partial charge in [-0.1, -0.05) is 18.2 Å². The molecule has 7 nitrogen and oxygen atoms in total. The minimum Gasteiger partial charge on any atom is -0.496 e. The number of ether oxygens (including phenoxy) is 1. The number of aromatic nitrogens is 2. The predicted octanol–water partition coefficient (Wildman–Crippen LogP) is 3.81. The number of methoxy groups -OCH3 is 1. The monoisotopic (exact) mass is 426 g/mol. The van der Waals surface area contributed by atoms with E-state index in [0.717, 1.165) is 11.3 Å². The van der Waals surface area contributed by atoms with E-state index in [2.05, 4.69) is 20.2 Å². The summed E-state index contributed by atoms with van der Waals surface area (Å²) in [7, 11) is 5.60. The number of hydrogen-bond donors (Lipinski definition) is 1. The van der Waals surface area contributed by atoms with Crippen molar-refractivity contribution in [2.24, 2.45) is 0 Å². The second-order valence-corrected chi connectivity index (χ2v) is 7.72. The number of carbonyl (C=O) groups is 1. The molecule has 0 aliphatic heterocycles. The number of thioether (sulfide) groups is 1. The zero-order chi connectivity index (χ0) is 21.7. The molecule has 8 heteroatoms. The highest BCUT2D eigenvalue weighted by molar-refractivity contribution is 7.98. The molecule has 2 aromatic heterocycles. The van der Waals surface area contributed by atoms with Gasteiger partial charge in [-0.25, -0.2) is 9.97 Å². The van der Waals surface area contributed by atoms with Crippen LogP contribution in [0.15, 0.2) is 52.1 Å². The van der Waals surface area contributed by atoms with Gasteiger partial charge in [-0.3, -0.25) is 4.79 Å².